The summed E-state index contributed by atoms with van der Waals surface area (Å²) in [5.41, 5.74) is 1.28. The van der Waals surface area contributed by atoms with E-state index in [-0.39, 0.29) is 0 Å². The van der Waals surface area contributed by atoms with Crippen molar-refractivity contribution in [2.75, 3.05) is 39.3 Å². The second kappa shape index (κ2) is 9.16. The molecule has 4 saturated heterocycles. The molecule has 4 aliphatic rings. The van der Waals surface area contributed by atoms with Crippen LogP contribution >= 0.6 is 0 Å². The molecule has 5 heterocycles. The first-order valence-electron chi connectivity index (χ1n) is 10.9. The largest absolute Gasteiger partial charge is 0.337 e. The normalized spacial score (nSPS) is 27.8. The Morgan fingerprint density at radius 2 is 1.81 bits per heavy atom. The molecule has 0 saturated carbocycles. The number of rotatable bonds is 4. The lowest BCUT2D eigenvalue weighted by Gasteiger charge is -2.37. The third-order valence-electron chi connectivity index (χ3n) is 6.55. The Balaban J connectivity index is 1.36. The minimum absolute atomic E-state index is 0.369. The molecule has 4 fully saturated rings. The van der Waals surface area contributed by atoms with Gasteiger partial charge in [-0.05, 0) is 56.3 Å². The Bertz CT molecular complexity index is 600. The second-order valence-electron chi connectivity index (χ2n) is 8.74. The van der Waals surface area contributed by atoms with Crippen LogP contribution in [0.5, 0.6) is 0 Å². The van der Waals surface area contributed by atoms with E-state index in [4.69, 9.17) is 0 Å². The zero-order valence-corrected chi connectivity index (χ0v) is 16.6. The molecule has 0 aromatic carbocycles. The highest BCUT2D eigenvalue weighted by molar-refractivity contribution is 5.78. The summed E-state index contributed by atoms with van der Waals surface area (Å²) in [5, 5.41) is 0. The molecule has 5 rings (SSSR count). The standard InChI is InChI=1S/C22H34N4O/c27-22(18-24-11-4-2-1-3-5-12-24)26-16-20-8-9-21(26)17-25(15-20)14-19-7-6-10-23-13-19/h6-7,10,13,20-21H,1-5,8-9,11-12,14-18H2/t20-,21+/m1/s1. The van der Waals surface area contributed by atoms with Crippen LogP contribution in [-0.4, -0.2) is 70.9 Å². The number of carbonyl (C=O) groups excluding carboxylic acids is 1. The van der Waals surface area contributed by atoms with Crippen LogP contribution in [0.4, 0.5) is 0 Å². The van der Waals surface area contributed by atoms with Crippen LogP contribution in [0.1, 0.15) is 50.5 Å². The fraction of sp³-hybridized carbons (Fsp3) is 0.727. The van der Waals surface area contributed by atoms with Crippen LogP contribution in [0.25, 0.3) is 0 Å². The average molecular weight is 371 g/mol. The van der Waals surface area contributed by atoms with Crippen LogP contribution in [-0.2, 0) is 11.3 Å². The summed E-state index contributed by atoms with van der Waals surface area (Å²) in [6.45, 7) is 6.86. The SMILES string of the molecule is O=C(CN1CCCCCCC1)N1C[C@@H]2CC[C@H]1CN(Cc1cccnc1)C2. The first kappa shape index (κ1) is 18.9. The lowest BCUT2D eigenvalue weighted by Crippen LogP contribution is -2.51. The van der Waals surface area contributed by atoms with Crippen LogP contribution in [0.15, 0.2) is 24.5 Å². The lowest BCUT2D eigenvalue weighted by atomic mass is 9.95. The summed E-state index contributed by atoms with van der Waals surface area (Å²) in [5.74, 6) is 0.991. The number of amides is 1. The van der Waals surface area contributed by atoms with Crippen molar-refractivity contribution < 1.29 is 4.79 Å². The molecule has 27 heavy (non-hydrogen) atoms. The number of hydrogen-bond donors (Lipinski definition) is 0. The zero-order chi connectivity index (χ0) is 18.5. The van der Waals surface area contributed by atoms with Gasteiger partial charge in [0.05, 0.1) is 6.54 Å². The van der Waals surface area contributed by atoms with Gasteiger partial charge in [-0.15, -0.1) is 0 Å². The van der Waals surface area contributed by atoms with Crippen molar-refractivity contribution in [1.29, 1.82) is 0 Å². The van der Waals surface area contributed by atoms with E-state index in [1.54, 1.807) is 0 Å². The van der Waals surface area contributed by atoms with E-state index in [1.165, 1.54) is 50.5 Å². The Kier molecular flexibility index (Phi) is 6.40. The molecule has 1 aromatic heterocycles. The molecule has 1 aromatic rings. The molecule has 0 N–H and O–H groups in total. The first-order valence-corrected chi connectivity index (χ1v) is 10.9. The Morgan fingerprint density at radius 1 is 1.00 bits per heavy atom. The number of likely N-dealkylation sites (tertiary alicyclic amines) is 1. The van der Waals surface area contributed by atoms with Crippen LogP contribution in [0.3, 0.4) is 0 Å². The number of piperidine rings is 1. The Morgan fingerprint density at radius 3 is 2.59 bits per heavy atom. The fourth-order valence-electron chi connectivity index (χ4n) is 5.12. The van der Waals surface area contributed by atoms with Gasteiger partial charge < -0.3 is 4.90 Å². The molecule has 5 heteroatoms. The van der Waals surface area contributed by atoms with E-state index in [0.29, 0.717) is 24.4 Å². The van der Waals surface area contributed by atoms with Gasteiger partial charge in [0.25, 0.3) is 0 Å². The number of hydrogen-bond acceptors (Lipinski definition) is 4. The molecule has 2 atom stereocenters. The summed E-state index contributed by atoms with van der Waals surface area (Å²) in [4.78, 5) is 24.6. The third-order valence-corrected chi connectivity index (χ3v) is 6.55. The smallest absolute Gasteiger partial charge is 0.237 e. The van der Waals surface area contributed by atoms with Gasteiger partial charge in [-0.2, -0.15) is 0 Å². The van der Waals surface area contributed by atoms with Crippen molar-refractivity contribution in [3.8, 4) is 0 Å². The van der Waals surface area contributed by atoms with E-state index in [1.807, 2.05) is 18.5 Å². The van der Waals surface area contributed by atoms with Crippen LogP contribution in [0, 0.1) is 5.92 Å². The molecule has 0 unspecified atom stereocenters. The van der Waals surface area contributed by atoms with E-state index < -0.39 is 0 Å². The summed E-state index contributed by atoms with van der Waals surface area (Å²) >= 11 is 0. The second-order valence-corrected chi connectivity index (χ2v) is 8.74. The van der Waals surface area contributed by atoms with Crippen molar-refractivity contribution >= 4 is 5.91 Å². The van der Waals surface area contributed by atoms with Crippen molar-refractivity contribution in [2.24, 2.45) is 5.92 Å². The maximum absolute atomic E-state index is 13.1. The topological polar surface area (TPSA) is 39.7 Å². The van der Waals surface area contributed by atoms with Crippen LogP contribution < -0.4 is 0 Å². The van der Waals surface area contributed by atoms with Crippen molar-refractivity contribution in [2.45, 2.75) is 57.5 Å². The molecule has 5 nitrogen and oxygen atoms in total. The number of aromatic nitrogens is 1. The zero-order valence-electron chi connectivity index (χ0n) is 16.6. The van der Waals surface area contributed by atoms with Gasteiger partial charge in [-0.25, -0.2) is 0 Å². The van der Waals surface area contributed by atoms with Crippen molar-refractivity contribution in [3.63, 3.8) is 0 Å². The van der Waals surface area contributed by atoms with Gasteiger partial charge in [-0.3, -0.25) is 19.6 Å². The molecule has 0 aliphatic carbocycles. The van der Waals surface area contributed by atoms with Crippen LogP contribution in [0.2, 0.25) is 0 Å². The quantitative estimate of drug-likeness (QED) is 0.817. The van der Waals surface area contributed by atoms with E-state index in [0.717, 1.165) is 39.3 Å². The Hall–Kier alpha value is -1.46. The molecule has 148 valence electrons. The average Bonchev–Trinajstić information content (AvgIpc) is 2.95. The highest BCUT2D eigenvalue weighted by Crippen LogP contribution is 2.29. The molecular weight excluding hydrogens is 336 g/mol. The van der Waals surface area contributed by atoms with E-state index in [2.05, 4.69) is 25.8 Å². The van der Waals surface area contributed by atoms with Gasteiger partial charge in [0.15, 0.2) is 0 Å². The summed E-state index contributed by atoms with van der Waals surface area (Å²) in [6.07, 6.45) is 12.7. The predicted octanol–water partition coefficient (Wildman–Crippen LogP) is 2.77. The van der Waals surface area contributed by atoms with Gasteiger partial charge in [0.2, 0.25) is 5.91 Å². The van der Waals surface area contributed by atoms with Gasteiger partial charge in [0.1, 0.15) is 0 Å². The van der Waals surface area contributed by atoms with E-state index >= 15 is 0 Å². The number of nitrogens with zero attached hydrogens (tertiary/aromatic N) is 4. The Labute approximate surface area is 163 Å². The number of fused-ring (bicyclic) bond motifs is 4. The number of carbonyl (C=O) groups is 1. The van der Waals surface area contributed by atoms with Gasteiger partial charge in [0, 0.05) is 44.6 Å². The minimum atomic E-state index is 0.369. The molecule has 0 spiro atoms. The van der Waals surface area contributed by atoms with Crippen molar-refractivity contribution in [1.82, 2.24) is 19.7 Å². The highest BCUT2D eigenvalue weighted by Gasteiger charge is 2.37. The lowest BCUT2D eigenvalue weighted by molar-refractivity contribution is -0.136. The maximum atomic E-state index is 13.1. The monoisotopic (exact) mass is 370 g/mol. The summed E-state index contributed by atoms with van der Waals surface area (Å²) in [7, 11) is 0. The molecule has 0 radical (unpaired) electrons. The predicted molar refractivity (Wildman–Crippen MR) is 107 cm³/mol. The highest BCUT2D eigenvalue weighted by atomic mass is 16.2. The summed E-state index contributed by atoms with van der Waals surface area (Å²) < 4.78 is 0. The van der Waals surface area contributed by atoms with Gasteiger partial charge >= 0.3 is 0 Å². The van der Waals surface area contributed by atoms with Crippen molar-refractivity contribution in [3.05, 3.63) is 30.1 Å². The fourth-order valence-corrected chi connectivity index (χ4v) is 5.12. The molecule has 1 amide bonds. The summed E-state index contributed by atoms with van der Waals surface area (Å²) in [6, 6.07) is 4.56. The maximum Gasteiger partial charge on any atom is 0.237 e. The number of pyridine rings is 1. The first-order chi connectivity index (χ1) is 13.3. The third kappa shape index (κ3) is 5.08. The molecule has 4 aliphatic heterocycles. The van der Waals surface area contributed by atoms with Gasteiger partial charge in [-0.1, -0.05) is 25.3 Å². The molecular formula is C22H34N4O. The van der Waals surface area contributed by atoms with E-state index in [9.17, 15) is 4.79 Å². The molecule has 2 bridgehead atoms. The minimum Gasteiger partial charge on any atom is -0.337 e.